The minimum absolute atomic E-state index is 0.258. The average Bonchev–Trinajstić information content (AvgIpc) is 2.88. The number of carbonyl (C=O) groups is 1. The lowest BCUT2D eigenvalue weighted by Gasteiger charge is -2.32. The summed E-state index contributed by atoms with van der Waals surface area (Å²) < 4.78 is 6.00. The number of carboxylic acids is 1. The molecular formula is C14H25NO3. The Hall–Kier alpha value is -0.610. The lowest BCUT2D eigenvalue weighted by atomic mass is 10.1. The van der Waals surface area contributed by atoms with Crippen LogP contribution in [0.2, 0.25) is 0 Å². The fourth-order valence-electron chi connectivity index (χ4n) is 3.00. The molecule has 1 N–H and O–H groups in total. The molecule has 1 saturated carbocycles. The van der Waals surface area contributed by atoms with Gasteiger partial charge in [-0.2, -0.15) is 0 Å². The third-order valence-electron chi connectivity index (χ3n) is 4.22. The van der Waals surface area contributed by atoms with Crippen LogP contribution in [0.1, 0.15) is 44.9 Å². The second kappa shape index (κ2) is 7.10. The van der Waals surface area contributed by atoms with Crippen molar-refractivity contribution in [2.24, 2.45) is 5.92 Å². The zero-order chi connectivity index (χ0) is 12.8. The first kappa shape index (κ1) is 13.8. The highest BCUT2D eigenvalue weighted by Gasteiger charge is 2.22. The topological polar surface area (TPSA) is 49.8 Å². The van der Waals surface area contributed by atoms with Gasteiger partial charge < -0.3 is 14.7 Å². The number of hydrogen-bond acceptors (Lipinski definition) is 3. The first-order valence-electron chi connectivity index (χ1n) is 7.30. The molecule has 2 aliphatic rings. The highest BCUT2D eigenvalue weighted by molar-refractivity contribution is 5.66. The van der Waals surface area contributed by atoms with E-state index in [0.717, 1.165) is 38.5 Å². The van der Waals surface area contributed by atoms with Crippen LogP contribution >= 0.6 is 0 Å². The van der Waals surface area contributed by atoms with E-state index in [-0.39, 0.29) is 6.42 Å². The monoisotopic (exact) mass is 255 g/mol. The Morgan fingerprint density at radius 2 is 1.83 bits per heavy atom. The van der Waals surface area contributed by atoms with Crippen LogP contribution < -0.4 is 0 Å². The zero-order valence-corrected chi connectivity index (χ0v) is 11.1. The molecule has 4 nitrogen and oxygen atoms in total. The molecule has 0 aromatic heterocycles. The molecule has 0 aromatic carbocycles. The van der Waals surface area contributed by atoms with Crippen LogP contribution in [0.15, 0.2) is 0 Å². The van der Waals surface area contributed by atoms with Gasteiger partial charge in [-0.1, -0.05) is 12.8 Å². The number of piperidine rings is 1. The molecule has 1 aliphatic heterocycles. The van der Waals surface area contributed by atoms with Crippen molar-refractivity contribution < 1.29 is 14.6 Å². The van der Waals surface area contributed by atoms with Gasteiger partial charge in [0.25, 0.3) is 0 Å². The van der Waals surface area contributed by atoms with Gasteiger partial charge in [-0.15, -0.1) is 0 Å². The molecule has 2 fully saturated rings. The summed E-state index contributed by atoms with van der Waals surface area (Å²) in [7, 11) is 0. The summed E-state index contributed by atoms with van der Waals surface area (Å²) in [5, 5.41) is 8.65. The van der Waals surface area contributed by atoms with Crippen LogP contribution in [-0.4, -0.2) is 48.3 Å². The Morgan fingerprint density at radius 3 is 2.44 bits per heavy atom. The van der Waals surface area contributed by atoms with Crippen LogP contribution in [0.5, 0.6) is 0 Å². The first-order chi connectivity index (χ1) is 8.74. The molecule has 0 aromatic rings. The summed E-state index contributed by atoms with van der Waals surface area (Å²) >= 11 is 0. The standard InChI is InChI=1S/C14H25NO3/c16-14(17)7-10-15-8-5-13(6-9-15)18-11-12-3-1-2-4-12/h12-13H,1-11H2,(H,16,17). The van der Waals surface area contributed by atoms with Crippen molar-refractivity contribution in [3.8, 4) is 0 Å². The molecule has 104 valence electrons. The SMILES string of the molecule is O=C(O)CCN1CCC(OCC2CCCC2)CC1. The molecule has 2 rings (SSSR count). The Morgan fingerprint density at radius 1 is 1.17 bits per heavy atom. The Balaban J connectivity index is 1.56. The minimum atomic E-state index is -0.699. The lowest BCUT2D eigenvalue weighted by Crippen LogP contribution is -2.38. The first-order valence-corrected chi connectivity index (χ1v) is 7.30. The van der Waals surface area contributed by atoms with E-state index in [1.807, 2.05) is 0 Å². The van der Waals surface area contributed by atoms with Gasteiger partial charge in [0.1, 0.15) is 0 Å². The van der Waals surface area contributed by atoms with Gasteiger partial charge in [0.2, 0.25) is 0 Å². The second-order valence-electron chi connectivity index (χ2n) is 5.67. The van der Waals surface area contributed by atoms with Crippen molar-refractivity contribution in [2.75, 3.05) is 26.2 Å². The van der Waals surface area contributed by atoms with Crippen molar-refractivity contribution in [3.05, 3.63) is 0 Å². The van der Waals surface area contributed by atoms with Gasteiger partial charge in [0.15, 0.2) is 0 Å². The maximum atomic E-state index is 10.5. The van der Waals surface area contributed by atoms with Crippen molar-refractivity contribution in [3.63, 3.8) is 0 Å². The van der Waals surface area contributed by atoms with Crippen molar-refractivity contribution >= 4 is 5.97 Å². The highest BCUT2D eigenvalue weighted by Crippen LogP contribution is 2.26. The van der Waals surface area contributed by atoms with E-state index >= 15 is 0 Å². The number of likely N-dealkylation sites (tertiary alicyclic amines) is 1. The average molecular weight is 255 g/mol. The fourth-order valence-corrected chi connectivity index (χ4v) is 3.00. The molecule has 1 saturated heterocycles. The van der Waals surface area contributed by atoms with Crippen molar-refractivity contribution in [2.45, 2.75) is 51.0 Å². The molecule has 0 bridgehead atoms. The number of rotatable bonds is 6. The van der Waals surface area contributed by atoms with Crippen LogP contribution in [0, 0.1) is 5.92 Å². The van der Waals surface area contributed by atoms with E-state index < -0.39 is 5.97 Å². The van der Waals surface area contributed by atoms with Gasteiger partial charge in [0, 0.05) is 26.2 Å². The third kappa shape index (κ3) is 4.58. The predicted octanol–water partition coefficient (Wildman–Crippen LogP) is 2.13. The fraction of sp³-hybridized carbons (Fsp3) is 0.929. The van der Waals surface area contributed by atoms with Gasteiger partial charge in [0.05, 0.1) is 12.5 Å². The van der Waals surface area contributed by atoms with E-state index in [0.29, 0.717) is 12.6 Å². The Labute approximate surface area is 109 Å². The van der Waals surface area contributed by atoms with E-state index in [4.69, 9.17) is 9.84 Å². The van der Waals surface area contributed by atoms with E-state index in [1.54, 1.807) is 0 Å². The summed E-state index contributed by atoms with van der Waals surface area (Å²) in [4.78, 5) is 12.7. The summed E-state index contributed by atoms with van der Waals surface area (Å²) in [6, 6.07) is 0. The van der Waals surface area contributed by atoms with Crippen LogP contribution in [0.25, 0.3) is 0 Å². The summed E-state index contributed by atoms with van der Waals surface area (Å²) in [5.74, 6) is 0.102. The predicted molar refractivity (Wildman–Crippen MR) is 69.6 cm³/mol. The zero-order valence-electron chi connectivity index (χ0n) is 11.1. The summed E-state index contributed by atoms with van der Waals surface area (Å²) in [5.41, 5.74) is 0. The third-order valence-corrected chi connectivity index (χ3v) is 4.22. The molecule has 0 radical (unpaired) electrons. The molecular weight excluding hydrogens is 230 g/mol. The van der Waals surface area contributed by atoms with E-state index in [1.165, 1.54) is 25.7 Å². The molecule has 0 spiro atoms. The number of carboxylic acid groups (broad SMARTS) is 1. The molecule has 4 heteroatoms. The second-order valence-corrected chi connectivity index (χ2v) is 5.67. The van der Waals surface area contributed by atoms with Crippen LogP contribution in [0.4, 0.5) is 0 Å². The van der Waals surface area contributed by atoms with Gasteiger partial charge in [-0.25, -0.2) is 0 Å². The van der Waals surface area contributed by atoms with Crippen LogP contribution in [0.3, 0.4) is 0 Å². The quantitative estimate of drug-likeness (QED) is 0.790. The Bertz CT molecular complexity index is 256. The van der Waals surface area contributed by atoms with Crippen LogP contribution in [-0.2, 0) is 9.53 Å². The minimum Gasteiger partial charge on any atom is -0.481 e. The van der Waals surface area contributed by atoms with E-state index in [9.17, 15) is 4.79 Å². The molecule has 1 aliphatic carbocycles. The molecule has 0 atom stereocenters. The molecule has 0 unspecified atom stereocenters. The van der Waals surface area contributed by atoms with Gasteiger partial charge >= 0.3 is 5.97 Å². The maximum absolute atomic E-state index is 10.5. The van der Waals surface area contributed by atoms with Gasteiger partial charge in [-0.3, -0.25) is 4.79 Å². The number of aliphatic carboxylic acids is 1. The Kier molecular flexibility index (Phi) is 5.45. The summed E-state index contributed by atoms with van der Waals surface area (Å²) in [6.45, 7) is 3.61. The van der Waals surface area contributed by atoms with Crippen molar-refractivity contribution in [1.29, 1.82) is 0 Å². The number of ether oxygens (including phenoxy) is 1. The summed E-state index contributed by atoms with van der Waals surface area (Å²) in [6.07, 6.45) is 8.23. The smallest absolute Gasteiger partial charge is 0.304 e. The lowest BCUT2D eigenvalue weighted by molar-refractivity contribution is -0.137. The van der Waals surface area contributed by atoms with Crippen molar-refractivity contribution in [1.82, 2.24) is 4.90 Å². The molecule has 0 amide bonds. The largest absolute Gasteiger partial charge is 0.481 e. The normalized spacial score (nSPS) is 23.6. The molecule has 1 heterocycles. The highest BCUT2D eigenvalue weighted by atomic mass is 16.5. The maximum Gasteiger partial charge on any atom is 0.304 e. The number of hydrogen-bond donors (Lipinski definition) is 1. The number of nitrogens with zero attached hydrogens (tertiary/aromatic N) is 1. The van der Waals surface area contributed by atoms with E-state index in [2.05, 4.69) is 4.90 Å². The van der Waals surface area contributed by atoms with Gasteiger partial charge in [-0.05, 0) is 31.6 Å². The molecule has 18 heavy (non-hydrogen) atoms.